The van der Waals surface area contributed by atoms with Crippen LogP contribution in [0.5, 0.6) is 5.75 Å². The summed E-state index contributed by atoms with van der Waals surface area (Å²) in [5, 5.41) is 2.11. The van der Waals surface area contributed by atoms with Crippen molar-refractivity contribution in [1.29, 1.82) is 0 Å². The first-order chi connectivity index (χ1) is 8.18. The summed E-state index contributed by atoms with van der Waals surface area (Å²) in [6, 6.07) is 11.8. The molecule has 0 unspecified atom stereocenters. The molecule has 0 amide bonds. The average molecular weight is 227 g/mol. The molecule has 2 aromatic rings. The molecular weight excluding hydrogens is 210 g/mol. The van der Waals surface area contributed by atoms with Crippen molar-refractivity contribution < 1.29 is 4.74 Å². The standard InChI is InChI=1S/C15H17NO/c1-11(2)9-10-17-15-8-7-14(16)12-5-3-4-6-13(12)15/h3-9H,10,16H2,1-2H3. The maximum atomic E-state index is 5.93. The Bertz CT molecular complexity index is 554. The van der Waals surface area contributed by atoms with Crippen LogP contribution in [-0.4, -0.2) is 6.61 Å². The molecule has 0 radical (unpaired) electrons. The number of fused-ring (bicyclic) bond motifs is 1. The van der Waals surface area contributed by atoms with E-state index in [9.17, 15) is 0 Å². The fourth-order valence-corrected chi connectivity index (χ4v) is 1.72. The van der Waals surface area contributed by atoms with Crippen LogP contribution >= 0.6 is 0 Å². The van der Waals surface area contributed by atoms with Crippen LogP contribution in [0, 0.1) is 0 Å². The largest absolute Gasteiger partial charge is 0.489 e. The SMILES string of the molecule is CC(C)=CCOc1ccc(N)c2ccccc12. The van der Waals surface area contributed by atoms with E-state index >= 15 is 0 Å². The van der Waals surface area contributed by atoms with Crippen LogP contribution in [0.15, 0.2) is 48.0 Å². The van der Waals surface area contributed by atoms with E-state index in [4.69, 9.17) is 10.5 Å². The summed E-state index contributed by atoms with van der Waals surface area (Å²) in [7, 11) is 0. The molecule has 2 nitrogen and oxygen atoms in total. The van der Waals surface area contributed by atoms with E-state index in [2.05, 4.69) is 19.9 Å². The van der Waals surface area contributed by atoms with Gasteiger partial charge in [-0.3, -0.25) is 0 Å². The zero-order valence-corrected chi connectivity index (χ0v) is 10.2. The fraction of sp³-hybridized carbons (Fsp3) is 0.200. The zero-order valence-electron chi connectivity index (χ0n) is 10.2. The number of allylic oxidation sites excluding steroid dienone is 1. The molecule has 0 atom stereocenters. The van der Waals surface area contributed by atoms with Crippen LogP contribution in [0.4, 0.5) is 5.69 Å². The Morgan fingerprint density at radius 3 is 2.53 bits per heavy atom. The highest BCUT2D eigenvalue weighted by molar-refractivity contribution is 5.96. The first-order valence-electron chi connectivity index (χ1n) is 5.72. The van der Waals surface area contributed by atoms with Crippen molar-refractivity contribution in [3.8, 4) is 5.75 Å². The number of hydrogen-bond acceptors (Lipinski definition) is 2. The van der Waals surface area contributed by atoms with Crippen LogP contribution < -0.4 is 10.5 Å². The Balaban J connectivity index is 2.35. The molecule has 0 heterocycles. The number of anilines is 1. The fourth-order valence-electron chi connectivity index (χ4n) is 1.72. The second-order valence-electron chi connectivity index (χ2n) is 4.29. The van der Waals surface area contributed by atoms with Crippen molar-refractivity contribution in [1.82, 2.24) is 0 Å². The maximum Gasteiger partial charge on any atom is 0.127 e. The first kappa shape index (κ1) is 11.5. The van der Waals surface area contributed by atoms with E-state index in [1.807, 2.05) is 36.4 Å². The van der Waals surface area contributed by atoms with Crippen LogP contribution in [0.1, 0.15) is 13.8 Å². The van der Waals surface area contributed by atoms with Crippen molar-refractivity contribution in [2.24, 2.45) is 0 Å². The Morgan fingerprint density at radius 2 is 1.82 bits per heavy atom. The lowest BCUT2D eigenvalue weighted by Gasteiger charge is -2.09. The summed E-state index contributed by atoms with van der Waals surface area (Å²) in [6.45, 7) is 4.71. The van der Waals surface area contributed by atoms with Gasteiger partial charge in [0, 0.05) is 16.5 Å². The molecule has 0 aliphatic carbocycles. The zero-order chi connectivity index (χ0) is 12.3. The van der Waals surface area contributed by atoms with Crippen LogP contribution in [0.3, 0.4) is 0 Å². The molecule has 0 aliphatic heterocycles. The maximum absolute atomic E-state index is 5.93. The van der Waals surface area contributed by atoms with E-state index in [-0.39, 0.29) is 0 Å². The van der Waals surface area contributed by atoms with Crippen molar-refractivity contribution >= 4 is 16.5 Å². The molecule has 0 aromatic heterocycles. The summed E-state index contributed by atoms with van der Waals surface area (Å²) < 4.78 is 5.75. The normalized spacial score (nSPS) is 10.2. The van der Waals surface area contributed by atoms with Crippen molar-refractivity contribution in [2.75, 3.05) is 12.3 Å². The van der Waals surface area contributed by atoms with Gasteiger partial charge in [-0.15, -0.1) is 0 Å². The van der Waals surface area contributed by atoms with Crippen molar-refractivity contribution in [2.45, 2.75) is 13.8 Å². The highest BCUT2D eigenvalue weighted by Gasteiger charge is 2.03. The third kappa shape index (κ3) is 2.59. The van der Waals surface area contributed by atoms with Crippen LogP contribution in [-0.2, 0) is 0 Å². The van der Waals surface area contributed by atoms with Gasteiger partial charge in [0.05, 0.1) is 0 Å². The summed E-state index contributed by atoms with van der Waals surface area (Å²) in [5.41, 5.74) is 7.98. The highest BCUT2D eigenvalue weighted by atomic mass is 16.5. The third-order valence-electron chi connectivity index (χ3n) is 2.65. The molecule has 0 saturated heterocycles. The minimum Gasteiger partial charge on any atom is -0.489 e. The topological polar surface area (TPSA) is 35.2 Å². The first-order valence-corrected chi connectivity index (χ1v) is 5.72. The van der Waals surface area contributed by atoms with Gasteiger partial charge < -0.3 is 10.5 Å². The Hall–Kier alpha value is -1.96. The Kier molecular flexibility index (Phi) is 3.33. The summed E-state index contributed by atoms with van der Waals surface area (Å²) in [5.74, 6) is 0.882. The van der Waals surface area contributed by atoms with Gasteiger partial charge in [-0.1, -0.05) is 29.8 Å². The number of rotatable bonds is 3. The molecule has 0 bridgehead atoms. The molecule has 0 spiro atoms. The second kappa shape index (κ2) is 4.91. The lowest BCUT2D eigenvalue weighted by atomic mass is 10.1. The van der Waals surface area contributed by atoms with E-state index in [0.29, 0.717) is 6.61 Å². The summed E-state index contributed by atoms with van der Waals surface area (Å²) >= 11 is 0. The van der Waals surface area contributed by atoms with Crippen LogP contribution in [0.25, 0.3) is 10.8 Å². The number of nitrogen functional groups attached to an aromatic ring is 1. The van der Waals surface area contributed by atoms with Gasteiger partial charge in [-0.05, 0) is 32.1 Å². The van der Waals surface area contributed by atoms with Crippen molar-refractivity contribution in [3.05, 3.63) is 48.0 Å². The number of hydrogen-bond donors (Lipinski definition) is 1. The quantitative estimate of drug-likeness (QED) is 0.640. The average Bonchev–Trinajstić information content (AvgIpc) is 2.32. The van der Waals surface area contributed by atoms with Gasteiger partial charge in [-0.25, -0.2) is 0 Å². The van der Waals surface area contributed by atoms with E-state index in [1.165, 1.54) is 5.57 Å². The lowest BCUT2D eigenvalue weighted by Crippen LogP contribution is -1.96. The van der Waals surface area contributed by atoms with Gasteiger partial charge in [0.15, 0.2) is 0 Å². The second-order valence-corrected chi connectivity index (χ2v) is 4.29. The van der Waals surface area contributed by atoms with Gasteiger partial charge in [0.25, 0.3) is 0 Å². The number of ether oxygens (including phenoxy) is 1. The van der Waals surface area contributed by atoms with Crippen LogP contribution in [0.2, 0.25) is 0 Å². The van der Waals surface area contributed by atoms with Gasteiger partial charge >= 0.3 is 0 Å². The predicted molar refractivity (Wildman–Crippen MR) is 73.3 cm³/mol. The van der Waals surface area contributed by atoms with E-state index in [1.54, 1.807) is 0 Å². The van der Waals surface area contributed by atoms with Gasteiger partial charge in [0.2, 0.25) is 0 Å². The molecule has 0 saturated carbocycles. The number of benzene rings is 2. The van der Waals surface area contributed by atoms with E-state index < -0.39 is 0 Å². The third-order valence-corrected chi connectivity index (χ3v) is 2.65. The molecule has 0 aliphatic rings. The highest BCUT2D eigenvalue weighted by Crippen LogP contribution is 2.29. The molecule has 0 fully saturated rings. The minimum atomic E-state index is 0.593. The molecule has 2 aromatic carbocycles. The molecule has 2 N–H and O–H groups in total. The summed E-state index contributed by atoms with van der Waals surface area (Å²) in [4.78, 5) is 0. The molecular formula is C15H17NO. The Labute approximate surface area is 102 Å². The van der Waals surface area contributed by atoms with E-state index in [0.717, 1.165) is 22.2 Å². The smallest absolute Gasteiger partial charge is 0.127 e. The number of nitrogens with two attached hydrogens (primary N) is 1. The molecule has 17 heavy (non-hydrogen) atoms. The van der Waals surface area contributed by atoms with Crippen molar-refractivity contribution in [3.63, 3.8) is 0 Å². The molecule has 88 valence electrons. The molecule has 2 rings (SSSR count). The minimum absolute atomic E-state index is 0.593. The van der Waals surface area contributed by atoms with Gasteiger partial charge in [0.1, 0.15) is 12.4 Å². The summed E-state index contributed by atoms with van der Waals surface area (Å²) in [6.07, 6.45) is 2.06. The molecule has 2 heteroatoms. The van der Waals surface area contributed by atoms with Gasteiger partial charge in [-0.2, -0.15) is 0 Å². The predicted octanol–water partition coefficient (Wildman–Crippen LogP) is 3.77. The monoisotopic (exact) mass is 227 g/mol. The Morgan fingerprint density at radius 1 is 1.12 bits per heavy atom. The lowest BCUT2D eigenvalue weighted by molar-refractivity contribution is 0.366.